The van der Waals surface area contributed by atoms with Crippen LogP contribution in [0.25, 0.3) is 0 Å². The number of aryl methyl sites for hydroxylation is 1. The van der Waals surface area contributed by atoms with Crippen molar-refractivity contribution in [2.45, 2.75) is 83.7 Å². The number of likely N-dealkylation sites (tertiary alicyclic amines) is 1. The Bertz CT molecular complexity index is 1120. The van der Waals surface area contributed by atoms with Gasteiger partial charge in [0, 0.05) is 44.9 Å². The third-order valence-corrected chi connectivity index (χ3v) is 8.68. The van der Waals surface area contributed by atoms with Crippen LogP contribution in [0.1, 0.15) is 86.6 Å². The van der Waals surface area contributed by atoms with Gasteiger partial charge < -0.3 is 9.47 Å². The highest BCUT2D eigenvalue weighted by atomic mass is 16.5. The second kappa shape index (κ2) is 12.3. The number of carbonyl (C=O) groups is 2. The Morgan fingerprint density at radius 2 is 1.82 bits per heavy atom. The zero-order valence-electron chi connectivity index (χ0n) is 23.0. The Morgan fingerprint density at radius 3 is 2.58 bits per heavy atom. The minimum absolute atomic E-state index is 0.0413. The number of hydrogen-bond acceptors (Lipinski definition) is 5. The maximum absolute atomic E-state index is 11.9. The molecule has 3 aliphatic rings. The Balaban J connectivity index is 1.28. The first-order chi connectivity index (χ1) is 18.5. The maximum Gasteiger partial charge on any atom is 0.229 e. The van der Waals surface area contributed by atoms with Crippen molar-refractivity contribution < 1.29 is 19.1 Å². The van der Waals surface area contributed by atoms with Crippen molar-refractivity contribution in [2.24, 2.45) is 5.92 Å². The molecule has 0 aromatic heterocycles. The van der Waals surface area contributed by atoms with Crippen molar-refractivity contribution in [2.75, 3.05) is 26.8 Å². The summed E-state index contributed by atoms with van der Waals surface area (Å²) in [6.07, 6.45) is 9.95. The van der Waals surface area contributed by atoms with Crippen LogP contribution in [0.3, 0.4) is 0 Å². The van der Waals surface area contributed by atoms with Crippen LogP contribution >= 0.6 is 0 Å². The average Bonchev–Trinajstić information content (AvgIpc) is 3.54. The summed E-state index contributed by atoms with van der Waals surface area (Å²) in [4.78, 5) is 27.9. The van der Waals surface area contributed by atoms with Crippen molar-refractivity contribution in [3.8, 4) is 11.5 Å². The van der Waals surface area contributed by atoms with Gasteiger partial charge in [0.15, 0.2) is 0 Å². The van der Waals surface area contributed by atoms with Crippen LogP contribution in [0, 0.1) is 5.92 Å². The Kier molecular flexibility index (Phi) is 8.68. The SMILES string of the molecule is COc1cc(CN(CC2CCCCC2)C(C)c2ccc3c(c2)CCO3)ccc1CCCN1C(=O)CCC1=O. The van der Waals surface area contributed by atoms with Gasteiger partial charge in [0.25, 0.3) is 0 Å². The summed E-state index contributed by atoms with van der Waals surface area (Å²) in [5.41, 5.74) is 5.07. The molecule has 2 fully saturated rings. The average molecular weight is 519 g/mol. The highest BCUT2D eigenvalue weighted by Crippen LogP contribution is 2.34. The highest BCUT2D eigenvalue weighted by Gasteiger charge is 2.28. The summed E-state index contributed by atoms with van der Waals surface area (Å²) in [6, 6.07) is 13.6. The van der Waals surface area contributed by atoms with E-state index in [1.54, 1.807) is 7.11 Å². The molecule has 0 bridgehead atoms. The van der Waals surface area contributed by atoms with Crippen LogP contribution < -0.4 is 9.47 Å². The summed E-state index contributed by atoms with van der Waals surface area (Å²) in [5.74, 6) is 2.60. The monoisotopic (exact) mass is 518 g/mol. The molecule has 1 unspecified atom stereocenters. The zero-order chi connectivity index (χ0) is 26.5. The normalized spacial score (nSPS) is 18.7. The van der Waals surface area contributed by atoms with E-state index in [0.717, 1.165) is 61.9 Å². The Hall–Kier alpha value is -2.86. The number of benzene rings is 2. The third-order valence-electron chi connectivity index (χ3n) is 8.68. The van der Waals surface area contributed by atoms with Crippen molar-refractivity contribution in [3.63, 3.8) is 0 Å². The van der Waals surface area contributed by atoms with Gasteiger partial charge in [-0.15, -0.1) is 0 Å². The lowest BCUT2D eigenvalue weighted by molar-refractivity contribution is -0.138. The number of carbonyl (C=O) groups excluding carboxylic acids is 2. The van der Waals surface area contributed by atoms with Gasteiger partial charge in [-0.2, -0.15) is 0 Å². The second-order valence-corrected chi connectivity index (χ2v) is 11.3. The third kappa shape index (κ3) is 6.23. The molecule has 1 saturated heterocycles. The number of rotatable bonds is 11. The minimum atomic E-state index is -0.0413. The van der Waals surface area contributed by atoms with E-state index < -0.39 is 0 Å². The van der Waals surface area contributed by atoms with Crippen LogP contribution in [0.2, 0.25) is 0 Å². The number of nitrogens with zero attached hydrogens (tertiary/aromatic N) is 2. The number of ether oxygens (including phenoxy) is 2. The van der Waals surface area contributed by atoms with Gasteiger partial charge in [-0.3, -0.25) is 19.4 Å². The quantitative estimate of drug-likeness (QED) is 0.349. The van der Waals surface area contributed by atoms with E-state index in [0.29, 0.717) is 25.4 Å². The lowest BCUT2D eigenvalue weighted by Gasteiger charge is -2.34. The maximum atomic E-state index is 11.9. The molecule has 1 saturated carbocycles. The van der Waals surface area contributed by atoms with Crippen molar-refractivity contribution in [1.82, 2.24) is 9.80 Å². The van der Waals surface area contributed by atoms with Crippen LogP contribution in [0.15, 0.2) is 36.4 Å². The van der Waals surface area contributed by atoms with Crippen LogP contribution in [-0.4, -0.2) is 48.4 Å². The fourth-order valence-corrected chi connectivity index (χ4v) is 6.37. The lowest BCUT2D eigenvalue weighted by atomic mass is 9.88. The first-order valence-corrected chi connectivity index (χ1v) is 14.5. The molecule has 2 heterocycles. The summed E-state index contributed by atoms with van der Waals surface area (Å²) in [5, 5.41) is 0. The summed E-state index contributed by atoms with van der Waals surface area (Å²) < 4.78 is 11.5. The van der Waals surface area contributed by atoms with E-state index in [1.807, 2.05) is 0 Å². The summed E-state index contributed by atoms with van der Waals surface area (Å²) in [7, 11) is 1.73. The lowest BCUT2D eigenvalue weighted by Crippen LogP contribution is -2.32. The molecule has 0 spiro atoms. The molecule has 0 radical (unpaired) electrons. The van der Waals surface area contributed by atoms with Gasteiger partial charge in [0.05, 0.1) is 13.7 Å². The molecule has 2 aliphatic heterocycles. The van der Waals surface area contributed by atoms with Gasteiger partial charge >= 0.3 is 0 Å². The number of imide groups is 1. The van der Waals surface area contributed by atoms with E-state index in [1.165, 1.54) is 53.7 Å². The van der Waals surface area contributed by atoms with Crippen LogP contribution in [0.4, 0.5) is 0 Å². The van der Waals surface area contributed by atoms with E-state index in [-0.39, 0.29) is 11.8 Å². The molecule has 204 valence electrons. The number of amides is 2. The molecule has 38 heavy (non-hydrogen) atoms. The van der Waals surface area contributed by atoms with Crippen LogP contribution in [-0.2, 0) is 29.0 Å². The van der Waals surface area contributed by atoms with Crippen LogP contribution in [0.5, 0.6) is 11.5 Å². The summed E-state index contributed by atoms with van der Waals surface area (Å²) in [6.45, 7) is 5.60. The Morgan fingerprint density at radius 1 is 1.03 bits per heavy atom. The largest absolute Gasteiger partial charge is 0.496 e. The molecule has 0 N–H and O–H groups in total. The molecule has 2 amide bonds. The van der Waals surface area contributed by atoms with Gasteiger partial charge in [-0.25, -0.2) is 0 Å². The number of hydrogen-bond donors (Lipinski definition) is 0. The first kappa shape index (κ1) is 26.7. The molecular weight excluding hydrogens is 476 g/mol. The minimum Gasteiger partial charge on any atom is -0.496 e. The highest BCUT2D eigenvalue weighted by molar-refractivity contribution is 6.01. The predicted molar refractivity (Wildman–Crippen MR) is 148 cm³/mol. The molecular formula is C32H42N2O4. The fraction of sp³-hybridized carbons (Fsp3) is 0.562. The van der Waals surface area contributed by atoms with E-state index >= 15 is 0 Å². The van der Waals surface area contributed by atoms with Crippen molar-refractivity contribution in [3.05, 3.63) is 58.7 Å². The molecule has 5 rings (SSSR count). The number of fused-ring (bicyclic) bond motifs is 1. The standard InChI is InChI=1S/C32H42N2O4/c1-23(27-12-13-29-28(20-27)16-18-38-29)33(21-24-7-4-3-5-8-24)22-25-10-11-26(30(19-25)37-2)9-6-17-34-31(35)14-15-32(34)36/h10-13,19-20,23-24H,3-9,14-18,21-22H2,1-2H3. The second-order valence-electron chi connectivity index (χ2n) is 11.3. The topological polar surface area (TPSA) is 59.1 Å². The molecule has 6 nitrogen and oxygen atoms in total. The Labute approximate surface area is 227 Å². The summed E-state index contributed by atoms with van der Waals surface area (Å²) >= 11 is 0. The predicted octanol–water partition coefficient (Wildman–Crippen LogP) is 5.86. The molecule has 1 atom stereocenters. The van der Waals surface area contributed by atoms with E-state index in [2.05, 4.69) is 48.2 Å². The van der Waals surface area contributed by atoms with E-state index in [4.69, 9.17) is 9.47 Å². The van der Waals surface area contributed by atoms with Crippen molar-refractivity contribution >= 4 is 11.8 Å². The number of methoxy groups -OCH3 is 1. The molecule has 1 aliphatic carbocycles. The first-order valence-electron chi connectivity index (χ1n) is 14.5. The van der Waals surface area contributed by atoms with Gasteiger partial charge in [0.2, 0.25) is 11.8 Å². The van der Waals surface area contributed by atoms with Crippen molar-refractivity contribution in [1.29, 1.82) is 0 Å². The smallest absolute Gasteiger partial charge is 0.229 e. The molecule has 2 aromatic carbocycles. The fourth-order valence-electron chi connectivity index (χ4n) is 6.37. The zero-order valence-corrected chi connectivity index (χ0v) is 23.0. The van der Waals surface area contributed by atoms with Gasteiger partial charge in [0.1, 0.15) is 11.5 Å². The van der Waals surface area contributed by atoms with Gasteiger partial charge in [-0.1, -0.05) is 43.5 Å². The van der Waals surface area contributed by atoms with E-state index in [9.17, 15) is 9.59 Å². The molecule has 2 aromatic rings. The van der Waals surface area contributed by atoms with Gasteiger partial charge in [-0.05, 0) is 72.9 Å². The molecule has 6 heteroatoms.